The van der Waals surface area contributed by atoms with Crippen LogP contribution in [0.2, 0.25) is 0 Å². The van der Waals surface area contributed by atoms with Gasteiger partial charge in [0.2, 0.25) is 0 Å². The van der Waals surface area contributed by atoms with Crippen LogP contribution in [0.5, 0.6) is 0 Å². The molecule has 94 valence electrons. The predicted molar refractivity (Wildman–Crippen MR) is 65.3 cm³/mol. The molecule has 1 aromatic carbocycles. The van der Waals surface area contributed by atoms with E-state index in [0.29, 0.717) is 11.3 Å². The van der Waals surface area contributed by atoms with Crippen LogP contribution in [0.25, 0.3) is 0 Å². The number of nitrogen functional groups attached to an aromatic ring is 1. The molecule has 0 saturated carbocycles. The zero-order valence-electron chi connectivity index (χ0n) is 9.83. The lowest BCUT2D eigenvalue weighted by Crippen LogP contribution is -2.24. The average molecular weight is 248 g/mol. The average Bonchev–Trinajstić information content (AvgIpc) is 2.83. The van der Waals surface area contributed by atoms with Gasteiger partial charge >= 0.3 is 0 Å². The maximum Gasteiger partial charge on any atom is 0.254 e. The van der Waals surface area contributed by atoms with Crippen molar-refractivity contribution in [3.63, 3.8) is 0 Å². The van der Waals surface area contributed by atoms with Gasteiger partial charge in [0.05, 0.1) is 17.8 Å². The van der Waals surface area contributed by atoms with Crippen LogP contribution >= 0.6 is 0 Å². The molecule has 1 amide bonds. The minimum absolute atomic E-state index is 0.0491. The van der Waals surface area contributed by atoms with Crippen molar-refractivity contribution in [1.29, 1.82) is 0 Å². The molecule has 1 aromatic heterocycles. The van der Waals surface area contributed by atoms with Crippen molar-refractivity contribution >= 4 is 11.6 Å². The van der Waals surface area contributed by atoms with Gasteiger partial charge in [-0.25, -0.2) is 4.39 Å². The van der Waals surface area contributed by atoms with Crippen molar-refractivity contribution in [2.75, 3.05) is 5.73 Å². The van der Waals surface area contributed by atoms with Crippen molar-refractivity contribution in [3.05, 3.63) is 47.0 Å². The standard InChI is InChI=1S/C12H13FN4O/c1-7-4-8(14)5-10(11(7)13)12(18)15-6-9-2-3-16-17-9/h2-5H,6,14H2,1H3,(H,15,18)(H,16,17). The summed E-state index contributed by atoms with van der Waals surface area (Å²) in [5.74, 6) is -1.05. The number of carbonyl (C=O) groups excluding carboxylic acids is 1. The van der Waals surface area contributed by atoms with Crippen molar-refractivity contribution in [3.8, 4) is 0 Å². The molecule has 2 rings (SSSR count). The molecular weight excluding hydrogens is 235 g/mol. The van der Waals surface area contributed by atoms with Crippen molar-refractivity contribution in [2.45, 2.75) is 13.5 Å². The molecule has 2 aromatic rings. The SMILES string of the molecule is Cc1cc(N)cc(C(=O)NCc2ccn[nH]2)c1F. The lowest BCUT2D eigenvalue weighted by atomic mass is 10.1. The lowest BCUT2D eigenvalue weighted by molar-refractivity contribution is 0.0946. The summed E-state index contributed by atoms with van der Waals surface area (Å²) in [6.07, 6.45) is 1.58. The third-order valence-electron chi connectivity index (χ3n) is 2.52. The number of benzene rings is 1. The van der Waals surface area contributed by atoms with Crippen molar-refractivity contribution in [1.82, 2.24) is 15.5 Å². The molecule has 0 atom stereocenters. The second-order valence-corrected chi connectivity index (χ2v) is 3.96. The monoisotopic (exact) mass is 248 g/mol. The largest absolute Gasteiger partial charge is 0.399 e. The second-order valence-electron chi connectivity index (χ2n) is 3.96. The number of nitrogens with zero attached hydrogens (tertiary/aromatic N) is 1. The van der Waals surface area contributed by atoms with Crippen LogP contribution in [-0.4, -0.2) is 16.1 Å². The van der Waals surface area contributed by atoms with E-state index in [1.807, 2.05) is 0 Å². The Hall–Kier alpha value is -2.37. The normalized spacial score (nSPS) is 10.3. The first-order chi connectivity index (χ1) is 8.58. The molecule has 0 unspecified atom stereocenters. The van der Waals surface area contributed by atoms with Crippen LogP contribution in [0, 0.1) is 12.7 Å². The van der Waals surface area contributed by atoms with Gasteiger partial charge in [-0.2, -0.15) is 5.10 Å². The smallest absolute Gasteiger partial charge is 0.254 e. The van der Waals surface area contributed by atoms with Gasteiger partial charge in [-0.1, -0.05) is 0 Å². The van der Waals surface area contributed by atoms with Crippen LogP contribution in [0.3, 0.4) is 0 Å². The van der Waals surface area contributed by atoms with Crippen LogP contribution in [0.1, 0.15) is 21.6 Å². The number of carbonyl (C=O) groups is 1. The minimum Gasteiger partial charge on any atom is -0.399 e. The Morgan fingerprint density at radius 2 is 2.33 bits per heavy atom. The molecule has 0 aliphatic heterocycles. The first kappa shape index (κ1) is 12.1. The number of hydrogen-bond donors (Lipinski definition) is 3. The van der Waals surface area contributed by atoms with E-state index in [4.69, 9.17) is 5.73 Å². The quantitative estimate of drug-likeness (QED) is 0.717. The number of H-pyrrole nitrogens is 1. The third kappa shape index (κ3) is 2.48. The van der Waals surface area contributed by atoms with E-state index >= 15 is 0 Å². The maximum absolute atomic E-state index is 13.8. The summed E-state index contributed by atoms with van der Waals surface area (Å²) in [5.41, 5.74) is 7.00. The van der Waals surface area contributed by atoms with Crippen LogP contribution in [0.4, 0.5) is 10.1 Å². The van der Waals surface area contributed by atoms with E-state index in [9.17, 15) is 9.18 Å². The number of aromatic amines is 1. The minimum atomic E-state index is -0.550. The molecule has 0 bridgehead atoms. The number of anilines is 1. The van der Waals surface area contributed by atoms with Gasteiger partial charge in [-0.3, -0.25) is 9.89 Å². The highest BCUT2D eigenvalue weighted by Gasteiger charge is 2.14. The Kier molecular flexibility index (Phi) is 3.27. The lowest BCUT2D eigenvalue weighted by Gasteiger charge is -2.08. The van der Waals surface area contributed by atoms with Gasteiger partial charge in [-0.05, 0) is 30.7 Å². The summed E-state index contributed by atoms with van der Waals surface area (Å²) in [7, 11) is 0. The predicted octanol–water partition coefficient (Wildman–Crippen LogP) is 1.37. The van der Waals surface area contributed by atoms with E-state index in [2.05, 4.69) is 15.5 Å². The third-order valence-corrected chi connectivity index (χ3v) is 2.52. The summed E-state index contributed by atoms with van der Waals surface area (Å²) < 4.78 is 13.8. The fraction of sp³-hybridized carbons (Fsp3) is 0.167. The Balaban J connectivity index is 2.14. The van der Waals surface area contributed by atoms with Gasteiger partial charge < -0.3 is 11.1 Å². The number of rotatable bonds is 3. The van der Waals surface area contributed by atoms with Crippen molar-refractivity contribution in [2.24, 2.45) is 0 Å². The maximum atomic E-state index is 13.8. The summed E-state index contributed by atoms with van der Waals surface area (Å²) in [5, 5.41) is 9.04. The molecule has 0 aliphatic carbocycles. The zero-order valence-corrected chi connectivity index (χ0v) is 9.83. The number of hydrogen-bond acceptors (Lipinski definition) is 3. The van der Waals surface area contributed by atoms with E-state index in [1.165, 1.54) is 12.1 Å². The van der Waals surface area contributed by atoms with E-state index in [0.717, 1.165) is 5.69 Å². The Bertz CT molecular complexity index is 566. The molecular formula is C12H13FN4O. The highest BCUT2D eigenvalue weighted by molar-refractivity contribution is 5.95. The number of amides is 1. The number of halogens is 1. The Labute approximate surface area is 103 Å². The fourth-order valence-electron chi connectivity index (χ4n) is 1.62. The van der Waals surface area contributed by atoms with Gasteiger partial charge in [0.15, 0.2) is 0 Å². The van der Waals surface area contributed by atoms with E-state index in [-0.39, 0.29) is 12.1 Å². The summed E-state index contributed by atoms with van der Waals surface area (Å²) in [6, 6.07) is 4.53. The molecule has 0 saturated heterocycles. The first-order valence-corrected chi connectivity index (χ1v) is 5.40. The fourth-order valence-corrected chi connectivity index (χ4v) is 1.62. The molecule has 4 N–H and O–H groups in total. The van der Waals surface area contributed by atoms with Gasteiger partial charge in [0, 0.05) is 11.9 Å². The van der Waals surface area contributed by atoms with Crippen LogP contribution < -0.4 is 11.1 Å². The molecule has 1 heterocycles. The van der Waals surface area contributed by atoms with Crippen molar-refractivity contribution < 1.29 is 9.18 Å². The highest BCUT2D eigenvalue weighted by Crippen LogP contribution is 2.17. The van der Waals surface area contributed by atoms with E-state index < -0.39 is 11.7 Å². The Morgan fingerprint density at radius 3 is 3.00 bits per heavy atom. The Morgan fingerprint density at radius 1 is 1.56 bits per heavy atom. The number of aryl methyl sites for hydroxylation is 1. The van der Waals surface area contributed by atoms with E-state index in [1.54, 1.807) is 19.2 Å². The molecule has 18 heavy (non-hydrogen) atoms. The summed E-state index contributed by atoms with van der Waals surface area (Å²) in [4.78, 5) is 11.8. The molecule has 5 nitrogen and oxygen atoms in total. The molecule has 0 radical (unpaired) electrons. The van der Waals surface area contributed by atoms with Gasteiger partial charge in [-0.15, -0.1) is 0 Å². The zero-order chi connectivity index (χ0) is 13.1. The van der Waals surface area contributed by atoms with Crippen LogP contribution in [0.15, 0.2) is 24.4 Å². The molecule has 6 heteroatoms. The van der Waals surface area contributed by atoms with Gasteiger partial charge in [0.25, 0.3) is 5.91 Å². The number of nitrogens with one attached hydrogen (secondary N) is 2. The molecule has 0 fully saturated rings. The number of aromatic nitrogens is 2. The topological polar surface area (TPSA) is 83.8 Å². The summed E-state index contributed by atoms with van der Waals surface area (Å²) in [6.45, 7) is 1.82. The molecule has 0 spiro atoms. The molecule has 0 aliphatic rings. The number of nitrogens with two attached hydrogens (primary N) is 1. The second kappa shape index (κ2) is 4.87. The first-order valence-electron chi connectivity index (χ1n) is 5.40. The summed E-state index contributed by atoms with van der Waals surface area (Å²) >= 11 is 0. The van der Waals surface area contributed by atoms with Crippen LogP contribution in [-0.2, 0) is 6.54 Å². The highest BCUT2D eigenvalue weighted by atomic mass is 19.1. The van der Waals surface area contributed by atoms with Gasteiger partial charge in [0.1, 0.15) is 5.82 Å².